The summed E-state index contributed by atoms with van der Waals surface area (Å²) in [4.78, 5) is 26.1. The summed E-state index contributed by atoms with van der Waals surface area (Å²) in [7, 11) is 1.54. The zero-order chi connectivity index (χ0) is 21.0. The second kappa shape index (κ2) is 8.87. The Labute approximate surface area is 171 Å². The van der Waals surface area contributed by atoms with E-state index in [-0.39, 0.29) is 29.2 Å². The summed E-state index contributed by atoms with van der Waals surface area (Å²) < 4.78 is 18.1. The van der Waals surface area contributed by atoms with Gasteiger partial charge in [0, 0.05) is 6.42 Å². The third-order valence-electron chi connectivity index (χ3n) is 4.26. The van der Waals surface area contributed by atoms with Gasteiger partial charge in [-0.2, -0.15) is 5.10 Å². The van der Waals surface area contributed by atoms with E-state index in [0.717, 1.165) is 16.7 Å². The summed E-state index contributed by atoms with van der Waals surface area (Å²) in [5.41, 5.74) is 7.60. The lowest BCUT2D eigenvalue weighted by Gasteiger charge is -2.15. The fourth-order valence-corrected chi connectivity index (χ4v) is 3.55. The summed E-state index contributed by atoms with van der Waals surface area (Å²) in [6.45, 7) is 1.71. The average Bonchev–Trinajstić information content (AvgIpc) is 2.99. The first-order valence-electron chi connectivity index (χ1n) is 8.70. The first-order chi connectivity index (χ1) is 13.9. The molecule has 2 N–H and O–H groups in total. The molecular weight excluding hydrogens is 395 g/mol. The van der Waals surface area contributed by atoms with E-state index in [1.165, 1.54) is 19.2 Å². The minimum atomic E-state index is -0.672. The number of imide groups is 1. The maximum absolute atomic E-state index is 13.0. The van der Waals surface area contributed by atoms with E-state index in [4.69, 9.17) is 10.5 Å². The summed E-state index contributed by atoms with van der Waals surface area (Å²) in [6, 6.07) is 12.5. The van der Waals surface area contributed by atoms with Crippen molar-refractivity contribution in [2.75, 3.05) is 12.0 Å². The molecule has 1 aliphatic rings. The first kappa shape index (κ1) is 20.5. The van der Waals surface area contributed by atoms with Crippen molar-refractivity contribution < 1.29 is 18.7 Å². The zero-order valence-electron chi connectivity index (χ0n) is 15.8. The number of methoxy groups -OCH3 is 1. The molecule has 1 aliphatic heterocycles. The van der Waals surface area contributed by atoms with E-state index >= 15 is 0 Å². The summed E-state index contributed by atoms with van der Waals surface area (Å²) in [5.74, 6) is -0.380. The molecule has 150 valence electrons. The normalized spacial score (nSPS) is 17.8. The van der Waals surface area contributed by atoms with Crippen LogP contribution < -0.4 is 15.4 Å². The lowest BCUT2D eigenvalue weighted by atomic mass is 10.1. The summed E-state index contributed by atoms with van der Waals surface area (Å²) >= 11 is 0.989. The zero-order valence-corrected chi connectivity index (χ0v) is 16.6. The van der Waals surface area contributed by atoms with E-state index in [9.17, 15) is 14.0 Å². The molecule has 0 saturated carbocycles. The molecule has 0 radical (unpaired) electrons. The molecule has 2 amide bonds. The number of nitrogens with two attached hydrogens (primary N) is 1. The van der Waals surface area contributed by atoms with Crippen molar-refractivity contribution in [2.24, 2.45) is 15.9 Å². The fourth-order valence-electron chi connectivity index (χ4n) is 2.74. The van der Waals surface area contributed by atoms with Crippen molar-refractivity contribution in [2.45, 2.75) is 18.6 Å². The van der Waals surface area contributed by atoms with Crippen LogP contribution >= 0.6 is 11.8 Å². The van der Waals surface area contributed by atoms with Crippen LogP contribution in [0, 0.1) is 5.82 Å². The minimum Gasteiger partial charge on any atom is -0.497 e. The second-order valence-electron chi connectivity index (χ2n) is 6.21. The van der Waals surface area contributed by atoms with Gasteiger partial charge in [-0.3, -0.25) is 9.59 Å². The number of thioether (sulfide) groups is 1. The Balaban J connectivity index is 1.68. The van der Waals surface area contributed by atoms with Gasteiger partial charge in [0.1, 0.15) is 16.8 Å². The lowest BCUT2D eigenvalue weighted by molar-refractivity contribution is -0.121. The molecule has 1 unspecified atom stereocenters. The molecule has 1 saturated heterocycles. The van der Waals surface area contributed by atoms with Gasteiger partial charge in [-0.25, -0.2) is 9.29 Å². The van der Waals surface area contributed by atoms with Gasteiger partial charge in [-0.05, 0) is 48.9 Å². The molecule has 1 atom stereocenters. The number of rotatable bonds is 5. The van der Waals surface area contributed by atoms with Gasteiger partial charge in [0.15, 0.2) is 5.17 Å². The standard InChI is InChI=1S/C20H19FN4O3S/c1-12(13-3-5-14(21)6-4-13)23-24-20(22)29-17-11-18(26)25(19(17)27)15-7-9-16(28-2)10-8-15/h3-10,17H,11H2,1-2H3,(H2,22,24)/b23-12+. The van der Waals surface area contributed by atoms with Crippen LogP contribution in [-0.2, 0) is 9.59 Å². The monoisotopic (exact) mass is 414 g/mol. The third-order valence-corrected chi connectivity index (χ3v) is 5.24. The van der Waals surface area contributed by atoms with E-state index in [1.807, 2.05) is 0 Å². The third kappa shape index (κ3) is 4.80. The van der Waals surface area contributed by atoms with Crippen molar-refractivity contribution in [1.29, 1.82) is 0 Å². The molecule has 0 aliphatic carbocycles. The van der Waals surface area contributed by atoms with Crippen molar-refractivity contribution >= 4 is 40.1 Å². The van der Waals surface area contributed by atoms with Gasteiger partial charge in [-0.1, -0.05) is 23.9 Å². The molecule has 1 heterocycles. The smallest absolute Gasteiger partial charge is 0.247 e. The number of hydrogen-bond acceptors (Lipinski definition) is 6. The predicted octanol–water partition coefficient (Wildman–Crippen LogP) is 2.94. The number of amidine groups is 1. The van der Waals surface area contributed by atoms with Gasteiger partial charge >= 0.3 is 0 Å². The molecule has 2 aromatic carbocycles. The Hall–Kier alpha value is -3.20. The highest BCUT2D eigenvalue weighted by Crippen LogP contribution is 2.30. The Morgan fingerprint density at radius 3 is 2.41 bits per heavy atom. The highest BCUT2D eigenvalue weighted by Gasteiger charge is 2.40. The Morgan fingerprint density at radius 1 is 1.14 bits per heavy atom. The molecule has 0 bridgehead atoms. The maximum Gasteiger partial charge on any atom is 0.247 e. The number of hydrogen-bond donors (Lipinski definition) is 1. The summed E-state index contributed by atoms with van der Waals surface area (Å²) in [5, 5.41) is 7.33. The van der Waals surface area contributed by atoms with Crippen LogP contribution in [0.2, 0.25) is 0 Å². The second-order valence-corrected chi connectivity index (χ2v) is 7.43. The van der Waals surface area contributed by atoms with E-state index in [2.05, 4.69) is 10.2 Å². The molecule has 9 heteroatoms. The number of carbonyl (C=O) groups excluding carboxylic acids is 2. The van der Waals surface area contributed by atoms with Crippen LogP contribution in [0.25, 0.3) is 0 Å². The molecule has 0 spiro atoms. The largest absolute Gasteiger partial charge is 0.497 e. The number of benzene rings is 2. The highest BCUT2D eigenvalue weighted by molar-refractivity contribution is 8.14. The molecule has 0 aromatic heterocycles. The Kier molecular flexibility index (Phi) is 6.28. The quantitative estimate of drug-likeness (QED) is 0.351. The fraction of sp³-hybridized carbons (Fsp3) is 0.200. The van der Waals surface area contributed by atoms with Crippen molar-refractivity contribution in [1.82, 2.24) is 0 Å². The molecule has 2 aromatic rings. The SMILES string of the molecule is COc1ccc(N2C(=O)CC(S/C(N)=N/N=C(\C)c3ccc(F)cc3)C2=O)cc1. The highest BCUT2D eigenvalue weighted by atomic mass is 32.2. The van der Waals surface area contributed by atoms with Crippen LogP contribution in [0.3, 0.4) is 0 Å². The average molecular weight is 414 g/mol. The Bertz CT molecular complexity index is 974. The van der Waals surface area contributed by atoms with Crippen molar-refractivity contribution in [3.8, 4) is 5.75 Å². The molecular formula is C20H19FN4O3S. The summed E-state index contributed by atoms with van der Waals surface area (Å²) in [6.07, 6.45) is 0.0202. The van der Waals surface area contributed by atoms with Crippen molar-refractivity contribution in [3.05, 3.63) is 59.9 Å². The van der Waals surface area contributed by atoms with Crippen LogP contribution in [0.4, 0.5) is 10.1 Å². The minimum absolute atomic E-state index is 0.0202. The van der Waals surface area contributed by atoms with E-state index < -0.39 is 5.25 Å². The van der Waals surface area contributed by atoms with Crippen molar-refractivity contribution in [3.63, 3.8) is 0 Å². The number of nitrogens with zero attached hydrogens (tertiary/aromatic N) is 3. The predicted molar refractivity (Wildman–Crippen MR) is 112 cm³/mol. The number of halogens is 1. The molecule has 29 heavy (non-hydrogen) atoms. The van der Waals surface area contributed by atoms with Gasteiger partial charge in [0.2, 0.25) is 11.8 Å². The number of anilines is 1. The van der Waals surface area contributed by atoms with E-state index in [1.54, 1.807) is 43.3 Å². The van der Waals surface area contributed by atoms with Gasteiger partial charge < -0.3 is 10.5 Å². The topological polar surface area (TPSA) is 97.3 Å². The number of carbonyl (C=O) groups is 2. The Morgan fingerprint density at radius 2 is 1.79 bits per heavy atom. The lowest BCUT2D eigenvalue weighted by Crippen LogP contribution is -2.31. The molecule has 3 rings (SSSR count). The first-order valence-corrected chi connectivity index (χ1v) is 9.58. The number of amides is 2. The van der Waals surface area contributed by atoms with E-state index in [0.29, 0.717) is 22.7 Å². The maximum atomic E-state index is 13.0. The van der Waals surface area contributed by atoms with Crippen LogP contribution in [0.1, 0.15) is 18.9 Å². The van der Waals surface area contributed by atoms with Gasteiger partial charge in [0.05, 0.1) is 18.5 Å². The molecule has 7 nitrogen and oxygen atoms in total. The van der Waals surface area contributed by atoms with Crippen LogP contribution in [-0.4, -0.2) is 35.1 Å². The van der Waals surface area contributed by atoms with Crippen LogP contribution in [0.15, 0.2) is 58.7 Å². The van der Waals surface area contributed by atoms with Gasteiger partial charge in [0.25, 0.3) is 0 Å². The van der Waals surface area contributed by atoms with Gasteiger partial charge in [-0.15, -0.1) is 5.10 Å². The molecule has 1 fully saturated rings. The van der Waals surface area contributed by atoms with Crippen LogP contribution in [0.5, 0.6) is 5.75 Å². The number of ether oxygens (including phenoxy) is 1.